The Hall–Kier alpha value is -3.08. The van der Waals surface area contributed by atoms with Crippen LogP contribution in [0.2, 0.25) is 0 Å². The minimum atomic E-state index is -0.181. The molecule has 5 rings (SSSR count). The number of pyridine rings is 1. The Morgan fingerprint density at radius 1 is 1.06 bits per heavy atom. The maximum atomic E-state index is 9.86. The second kappa shape index (κ2) is 8.45. The lowest BCUT2D eigenvalue weighted by atomic mass is 9.93. The molecule has 3 aromatic heterocycles. The van der Waals surface area contributed by atoms with Crippen LogP contribution in [0.5, 0.6) is 0 Å². The summed E-state index contributed by atoms with van der Waals surface area (Å²) < 4.78 is 3.92. The van der Waals surface area contributed by atoms with Gasteiger partial charge >= 0.3 is 0 Å². The number of fused-ring (bicyclic) bond motifs is 1. The Morgan fingerprint density at radius 2 is 1.84 bits per heavy atom. The topological polar surface area (TPSA) is 79.1 Å². The number of hydrogen-bond acceptors (Lipinski definition) is 5. The molecule has 32 heavy (non-hydrogen) atoms. The summed E-state index contributed by atoms with van der Waals surface area (Å²) >= 11 is 1.66. The van der Waals surface area contributed by atoms with Gasteiger partial charge in [-0.1, -0.05) is 30.0 Å². The van der Waals surface area contributed by atoms with Gasteiger partial charge in [0.2, 0.25) is 0 Å². The zero-order valence-corrected chi connectivity index (χ0v) is 19.0. The monoisotopic (exact) mass is 443 g/mol. The van der Waals surface area contributed by atoms with E-state index in [2.05, 4.69) is 47.9 Å². The molecule has 6 nitrogen and oxygen atoms in total. The molecule has 3 heterocycles. The van der Waals surface area contributed by atoms with Crippen LogP contribution >= 0.6 is 11.8 Å². The summed E-state index contributed by atoms with van der Waals surface area (Å²) in [6.45, 7) is 4.20. The second-order valence-corrected chi connectivity index (χ2v) is 9.56. The minimum absolute atomic E-state index is 0.181. The van der Waals surface area contributed by atoms with E-state index in [0.29, 0.717) is 11.6 Å². The number of rotatable bonds is 4. The van der Waals surface area contributed by atoms with Gasteiger partial charge < -0.3 is 5.11 Å². The van der Waals surface area contributed by atoms with Crippen LogP contribution in [-0.2, 0) is 0 Å². The van der Waals surface area contributed by atoms with E-state index >= 15 is 0 Å². The van der Waals surface area contributed by atoms with Crippen molar-refractivity contribution in [1.82, 2.24) is 19.4 Å². The lowest BCUT2D eigenvalue weighted by Gasteiger charge is -2.26. The molecule has 0 bridgehead atoms. The third-order valence-electron chi connectivity index (χ3n) is 6.38. The van der Waals surface area contributed by atoms with E-state index in [1.807, 2.05) is 29.0 Å². The molecule has 1 aliphatic rings. The van der Waals surface area contributed by atoms with E-state index in [0.717, 1.165) is 57.8 Å². The third-order valence-corrected chi connectivity index (χ3v) is 7.59. The number of aryl methyl sites for hydroxylation is 1. The minimum Gasteiger partial charge on any atom is -0.393 e. The molecule has 0 amide bonds. The second-order valence-electron chi connectivity index (χ2n) is 8.47. The zero-order chi connectivity index (χ0) is 22.2. The van der Waals surface area contributed by atoms with E-state index in [1.165, 1.54) is 5.56 Å². The molecule has 7 heteroatoms. The highest BCUT2D eigenvalue weighted by Gasteiger charge is 2.24. The number of nitrogens with zero attached hydrogens (tertiary/aromatic N) is 5. The fourth-order valence-electron chi connectivity index (χ4n) is 4.56. The molecular formula is C25H25N5OS. The maximum Gasteiger partial charge on any atom is 0.103 e. The standard InChI is InChI=1S/C25H25N5OS/c1-16-5-3-4-6-23(16)32-24-11-18(15-29-25(24)19(12-26)13-27-29)22-14-28-30(17(22)2)20-7-9-21(31)10-8-20/h3-6,11,13-15,20-21,31H,7-10H2,1-2H3. The van der Waals surface area contributed by atoms with Crippen molar-refractivity contribution in [2.45, 2.75) is 61.5 Å². The molecule has 162 valence electrons. The van der Waals surface area contributed by atoms with Crippen molar-refractivity contribution < 1.29 is 5.11 Å². The van der Waals surface area contributed by atoms with E-state index < -0.39 is 0 Å². The number of aliphatic hydroxyl groups excluding tert-OH is 1. The fraction of sp³-hybridized carbons (Fsp3) is 0.320. The first-order valence-corrected chi connectivity index (χ1v) is 11.7. The van der Waals surface area contributed by atoms with Gasteiger partial charge in [0.05, 0.1) is 35.6 Å². The number of aromatic nitrogens is 4. The Bertz CT molecular complexity index is 1320. The highest BCUT2D eigenvalue weighted by Crippen LogP contribution is 2.38. The normalized spacial score (nSPS) is 18.7. The summed E-state index contributed by atoms with van der Waals surface area (Å²) in [7, 11) is 0. The van der Waals surface area contributed by atoms with Crippen LogP contribution in [-0.4, -0.2) is 30.6 Å². The Balaban J connectivity index is 1.59. The van der Waals surface area contributed by atoms with Crippen molar-refractivity contribution in [2.75, 3.05) is 0 Å². The van der Waals surface area contributed by atoms with Crippen molar-refractivity contribution in [2.24, 2.45) is 0 Å². The predicted molar refractivity (Wildman–Crippen MR) is 125 cm³/mol. The number of hydrogen-bond donors (Lipinski definition) is 1. The van der Waals surface area contributed by atoms with Crippen LogP contribution in [0.15, 0.2) is 58.7 Å². The van der Waals surface area contributed by atoms with Crippen LogP contribution < -0.4 is 0 Å². The lowest BCUT2D eigenvalue weighted by Crippen LogP contribution is -2.22. The maximum absolute atomic E-state index is 9.86. The van der Waals surface area contributed by atoms with Gasteiger partial charge in [0.1, 0.15) is 6.07 Å². The molecule has 0 unspecified atom stereocenters. The van der Waals surface area contributed by atoms with Gasteiger partial charge in [-0.3, -0.25) is 4.68 Å². The summed E-state index contributed by atoms with van der Waals surface area (Å²) in [4.78, 5) is 2.16. The third kappa shape index (κ3) is 3.70. The zero-order valence-electron chi connectivity index (χ0n) is 18.2. The Morgan fingerprint density at radius 3 is 2.59 bits per heavy atom. The summed E-state index contributed by atoms with van der Waals surface area (Å²) in [6.07, 6.45) is 8.90. The van der Waals surface area contributed by atoms with Crippen LogP contribution in [0.25, 0.3) is 16.6 Å². The predicted octanol–water partition coefficient (Wildman–Crippen LogP) is 5.31. The van der Waals surface area contributed by atoms with Crippen LogP contribution in [0.1, 0.15) is 48.5 Å². The number of benzene rings is 1. The molecule has 4 aromatic rings. The van der Waals surface area contributed by atoms with E-state index in [1.54, 1.807) is 18.0 Å². The van der Waals surface area contributed by atoms with Crippen molar-refractivity contribution in [3.8, 4) is 17.2 Å². The van der Waals surface area contributed by atoms with Crippen molar-refractivity contribution >= 4 is 17.3 Å². The van der Waals surface area contributed by atoms with Crippen molar-refractivity contribution in [1.29, 1.82) is 5.26 Å². The Labute approximate surface area is 191 Å². The van der Waals surface area contributed by atoms with Gasteiger partial charge in [0.15, 0.2) is 0 Å². The van der Waals surface area contributed by atoms with Gasteiger partial charge in [-0.2, -0.15) is 15.5 Å². The molecule has 0 spiro atoms. The van der Waals surface area contributed by atoms with Crippen LogP contribution in [0.4, 0.5) is 0 Å². The van der Waals surface area contributed by atoms with Gasteiger partial charge in [0.25, 0.3) is 0 Å². The average molecular weight is 444 g/mol. The molecule has 0 aliphatic heterocycles. The van der Waals surface area contributed by atoms with E-state index in [-0.39, 0.29) is 6.10 Å². The summed E-state index contributed by atoms with van der Waals surface area (Å²) in [5, 5.41) is 28.7. The molecule has 1 saturated carbocycles. The smallest absolute Gasteiger partial charge is 0.103 e. The molecule has 1 fully saturated rings. The largest absolute Gasteiger partial charge is 0.393 e. The molecule has 1 aliphatic carbocycles. The van der Waals surface area contributed by atoms with Gasteiger partial charge in [-0.15, -0.1) is 0 Å². The SMILES string of the molecule is Cc1ccccc1Sc1cc(-c2cnn(C3CCC(O)CC3)c2C)cn2ncc(C#N)c12. The molecular weight excluding hydrogens is 418 g/mol. The first-order valence-electron chi connectivity index (χ1n) is 10.9. The lowest BCUT2D eigenvalue weighted by molar-refractivity contribution is 0.107. The van der Waals surface area contributed by atoms with Crippen molar-refractivity contribution in [3.05, 3.63) is 65.7 Å². The van der Waals surface area contributed by atoms with Crippen LogP contribution in [0.3, 0.4) is 0 Å². The number of nitriles is 1. The first-order chi connectivity index (χ1) is 15.5. The average Bonchev–Trinajstić information content (AvgIpc) is 3.39. The highest BCUT2D eigenvalue weighted by atomic mass is 32.2. The Kier molecular flexibility index (Phi) is 5.50. The number of aliphatic hydroxyl groups is 1. The van der Waals surface area contributed by atoms with Crippen molar-refractivity contribution in [3.63, 3.8) is 0 Å². The van der Waals surface area contributed by atoms with E-state index in [9.17, 15) is 10.4 Å². The molecule has 0 radical (unpaired) electrons. The molecule has 1 aromatic carbocycles. The molecule has 1 N–H and O–H groups in total. The van der Waals surface area contributed by atoms with Gasteiger partial charge in [0, 0.05) is 32.8 Å². The summed E-state index contributed by atoms with van der Waals surface area (Å²) in [5.41, 5.74) is 5.81. The van der Waals surface area contributed by atoms with E-state index in [4.69, 9.17) is 5.10 Å². The molecule has 0 saturated heterocycles. The first kappa shape index (κ1) is 20.8. The van der Waals surface area contributed by atoms with Crippen LogP contribution in [0, 0.1) is 25.2 Å². The highest BCUT2D eigenvalue weighted by molar-refractivity contribution is 7.99. The summed E-state index contributed by atoms with van der Waals surface area (Å²) in [6, 6.07) is 13.0. The summed E-state index contributed by atoms with van der Waals surface area (Å²) in [5.74, 6) is 0. The quantitative estimate of drug-likeness (QED) is 0.462. The van der Waals surface area contributed by atoms with Gasteiger partial charge in [-0.25, -0.2) is 4.52 Å². The fourth-order valence-corrected chi connectivity index (χ4v) is 5.66. The molecule has 0 atom stereocenters. The van der Waals surface area contributed by atoms with Gasteiger partial charge in [-0.05, 0) is 57.2 Å².